The van der Waals surface area contributed by atoms with Crippen molar-refractivity contribution in [3.63, 3.8) is 0 Å². The van der Waals surface area contributed by atoms with Gasteiger partial charge in [0, 0.05) is 13.2 Å². The van der Waals surface area contributed by atoms with E-state index in [1.165, 1.54) is 0 Å². The van der Waals surface area contributed by atoms with E-state index in [9.17, 15) is 5.11 Å². The topological polar surface area (TPSA) is 65.7 Å². The van der Waals surface area contributed by atoms with Gasteiger partial charge in [0.25, 0.3) is 0 Å². The molecule has 0 fully saturated rings. The van der Waals surface area contributed by atoms with Crippen molar-refractivity contribution in [2.45, 2.75) is 6.10 Å². The Morgan fingerprint density at radius 3 is 2.95 bits per heavy atom. The molecule has 3 rings (SSSR count). The summed E-state index contributed by atoms with van der Waals surface area (Å²) in [6.45, 7) is 0.164. The lowest BCUT2D eigenvalue weighted by Gasteiger charge is -2.14. The van der Waals surface area contributed by atoms with Crippen LogP contribution < -0.4 is 14.2 Å². The van der Waals surface area contributed by atoms with E-state index in [-0.39, 0.29) is 6.79 Å². The molecule has 2 heterocycles. The Hall–Kier alpha value is -2.21. The summed E-state index contributed by atoms with van der Waals surface area (Å²) in [6.07, 6.45) is 0.846. The Morgan fingerprint density at radius 2 is 2.26 bits per heavy atom. The molecular weight excluding hydrogens is 248 g/mol. The molecule has 0 saturated heterocycles. The van der Waals surface area contributed by atoms with Gasteiger partial charge in [0.05, 0.1) is 12.8 Å². The van der Waals surface area contributed by atoms with Gasteiger partial charge < -0.3 is 19.3 Å². The van der Waals surface area contributed by atoms with Gasteiger partial charge in [-0.1, -0.05) is 0 Å². The molecule has 2 aromatic rings. The minimum absolute atomic E-state index is 0.164. The van der Waals surface area contributed by atoms with Crippen LogP contribution in [0.2, 0.25) is 0 Å². The predicted octanol–water partition coefficient (Wildman–Crippen LogP) is 1.24. The second-order valence-corrected chi connectivity index (χ2v) is 4.24. The van der Waals surface area contributed by atoms with Gasteiger partial charge in [-0.05, 0) is 23.8 Å². The summed E-state index contributed by atoms with van der Waals surface area (Å²) in [7, 11) is 3.33. The number of rotatable bonds is 3. The van der Waals surface area contributed by atoms with E-state index >= 15 is 0 Å². The Bertz CT molecular complexity index is 609. The standard InChI is InChI=1S/C13H14N2O4/c1-15-9(3-4-14-15)12(16)8-5-10(17-2)13-11(6-8)18-7-19-13/h3-6,12,16H,7H2,1-2H3. The van der Waals surface area contributed by atoms with Crippen molar-refractivity contribution in [2.75, 3.05) is 13.9 Å². The van der Waals surface area contributed by atoms with E-state index in [1.54, 1.807) is 43.2 Å². The summed E-state index contributed by atoms with van der Waals surface area (Å²) in [4.78, 5) is 0. The minimum atomic E-state index is -0.795. The lowest BCUT2D eigenvalue weighted by Crippen LogP contribution is -2.06. The van der Waals surface area contributed by atoms with Gasteiger partial charge in [0.1, 0.15) is 6.10 Å². The van der Waals surface area contributed by atoms with E-state index in [1.807, 2.05) is 0 Å². The molecule has 6 heteroatoms. The van der Waals surface area contributed by atoms with Gasteiger partial charge >= 0.3 is 0 Å². The first kappa shape index (κ1) is 11.9. The average molecular weight is 262 g/mol. The molecule has 1 aliphatic rings. The van der Waals surface area contributed by atoms with Crippen molar-refractivity contribution >= 4 is 0 Å². The zero-order valence-corrected chi connectivity index (χ0v) is 10.7. The summed E-state index contributed by atoms with van der Waals surface area (Å²) in [5, 5.41) is 14.4. The van der Waals surface area contributed by atoms with Crippen molar-refractivity contribution in [1.82, 2.24) is 9.78 Å². The zero-order chi connectivity index (χ0) is 13.4. The third-order valence-electron chi connectivity index (χ3n) is 3.14. The van der Waals surface area contributed by atoms with Crippen LogP contribution in [0.5, 0.6) is 17.2 Å². The molecule has 0 bridgehead atoms. The molecular formula is C13H14N2O4. The Morgan fingerprint density at radius 1 is 1.42 bits per heavy atom. The maximum Gasteiger partial charge on any atom is 0.231 e. The fraction of sp³-hybridized carbons (Fsp3) is 0.308. The molecule has 6 nitrogen and oxygen atoms in total. The third kappa shape index (κ3) is 1.90. The second kappa shape index (κ2) is 4.47. The molecule has 1 unspecified atom stereocenters. The first-order valence-electron chi connectivity index (χ1n) is 5.84. The van der Waals surface area contributed by atoms with Gasteiger partial charge in [0.2, 0.25) is 12.5 Å². The summed E-state index contributed by atoms with van der Waals surface area (Å²) >= 11 is 0. The van der Waals surface area contributed by atoms with Gasteiger partial charge in [0.15, 0.2) is 11.5 Å². The second-order valence-electron chi connectivity index (χ2n) is 4.24. The molecule has 0 spiro atoms. The van der Waals surface area contributed by atoms with Crippen LogP contribution in [0.25, 0.3) is 0 Å². The number of aromatic nitrogens is 2. The SMILES string of the molecule is COc1cc(C(O)c2ccnn2C)cc2c1OCO2. The number of benzene rings is 1. The third-order valence-corrected chi connectivity index (χ3v) is 3.14. The predicted molar refractivity (Wildman–Crippen MR) is 66.4 cm³/mol. The molecule has 19 heavy (non-hydrogen) atoms. The number of ether oxygens (including phenoxy) is 3. The summed E-state index contributed by atoms with van der Waals surface area (Å²) in [5.74, 6) is 1.70. The Labute approximate surface area is 110 Å². The first-order valence-corrected chi connectivity index (χ1v) is 5.84. The average Bonchev–Trinajstić information content (AvgIpc) is 3.04. The minimum Gasteiger partial charge on any atom is -0.493 e. The van der Waals surface area contributed by atoms with E-state index in [4.69, 9.17) is 14.2 Å². The maximum atomic E-state index is 10.4. The van der Waals surface area contributed by atoms with Crippen molar-refractivity contribution < 1.29 is 19.3 Å². The normalized spacial score (nSPS) is 14.5. The highest BCUT2D eigenvalue weighted by atomic mass is 16.7. The quantitative estimate of drug-likeness (QED) is 0.901. The summed E-state index contributed by atoms with van der Waals surface area (Å²) in [5.41, 5.74) is 1.37. The van der Waals surface area contributed by atoms with Crippen LogP contribution in [-0.2, 0) is 7.05 Å². The molecule has 0 saturated carbocycles. The van der Waals surface area contributed by atoms with E-state index in [0.717, 1.165) is 0 Å². The molecule has 1 aliphatic heterocycles. The van der Waals surface area contributed by atoms with Crippen LogP contribution in [-0.4, -0.2) is 28.8 Å². The molecule has 0 aliphatic carbocycles. The van der Waals surface area contributed by atoms with Crippen molar-refractivity contribution in [2.24, 2.45) is 7.05 Å². The lowest BCUT2D eigenvalue weighted by atomic mass is 10.1. The molecule has 1 aromatic heterocycles. The van der Waals surface area contributed by atoms with Crippen LogP contribution in [0.15, 0.2) is 24.4 Å². The van der Waals surface area contributed by atoms with Crippen LogP contribution >= 0.6 is 0 Å². The number of hydrogen-bond donors (Lipinski definition) is 1. The largest absolute Gasteiger partial charge is 0.493 e. The van der Waals surface area contributed by atoms with E-state index < -0.39 is 6.10 Å². The van der Waals surface area contributed by atoms with Crippen molar-refractivity contribution in [3.05, 3.63) is 35.7 Å². The first-order chi connectivity index (χ1) is 9.20. The summed E-state index contributed by atoms with van der Waals surface area (Å²) in [6, 6.07) is 5.26. The number of aliphatic hydroxyl groups is 1. The smallest absolute Gasteiger partial charge is 0.231 e. The maximum absolute atomic E-state index is 10.4. The number of fused-ring (bicyclic) bond motifs is 1. The molecule has 1 aromatic carbocycles. The highest BCUT2D eigenvalue weighted by Gasteiger charge is 2.23. The molecule has 0 radical (unpaired) electrons. The van der Waals surface area contributed by atoms with E-state index in [2.05, 4.69) is 5.10 Å². The highest BCUT2D eigenvalue weighted by molar-refractivity contribution is 5.56. The van der Waals surface area contributed by atoms with Gasteiger partial charge in [-0.25, -0.2) is 0 Å². The number of aliphatic hydroxyl groups excluding tert-OH is 1. The number of hydrogen-bond acceptors (Lipinski definition) is 5. The summed E-state index contributed by atoms with van der Waals surface area (Å²) < 4.78 is 17.6. The van der Waals surface area contributed by atoms with Crippen molar-refractivity contribution in [1.29, 1.82) is 0 Å². The van der Waals surface area contributed by atoms with Crippen LogP contribution in [0.3, 0.4) is 0 Å². The van der Waals surface area contributed by atoms with Crippen molar-refractivity contribution in [3.8, 4) is 17.2 Å². The molecule has 1 atom stereocenters. The zero-order valence-electron chi connectivity index (χ0n) is 10.7. The molecule has 100 valence electrons. The highest BCUT2D eigenvalue weighted by Crippen LogP contribution is 2.43. The number of aryl methyl sites for hydroxylation is 1. The van der Waals surface area contributed by atoms with Gasteiger partial charge in [-0.3, -0.25) is 4.68 Å². The van der Waals surface area contributed by atoms with Crippen LogP contribution in [0.4, 0.5) is 0 Å². The van der Waals surface area contributed by atoms with Crippen LogP contribution in [0.1, 0.15) is 17.4 Å². The van der Waals surface area contributed by atoms with E-state index in [0.29, 0.717) is 28.5 Å². The van der Waals surface area contributed by atoms with Gasteiger partial charge in [-0.2, -0.15) is 5.10 Å². The molecule has 1 N–H and O–H groups in total. The fourth-order valence-electron chi connectivity index (χ4n) is 2.13. The number of methoxy groups -OCH3 is 1. The number of nitrogens with zero attached hydrogens (tertiary/aromatic N) is 2. The monoisotopic (exact) mass is 262 g/mol. The fourth-order valence-corrected chi connectivity index (χ4v) is 2.13. The Kier molecular flexibility index (Phi) is 2.79. The lowest BCUT2D eigenvalue weighted by molar-refractivity contribution is 0.171. The van der Waals surface area contributed by atoms with Crippen LogP contribution in [0, 0.1) is 0 Å². The van der Waals surface area contributed by atoms with Gasteiger partial charge in [-0.15, -0.1) is 0 Å². The Balaban J connectivity index is 2.04. The molecule has 0 amide bonds.